The molecular weight excluding hydrogens is 172 g/mol. The first-order valence-corrected chi connectivity index (χ1v) is 9.16. The molecule has 0 unspecified atom stereocenters. The van der Waals surface area contributed by atoms with E-state index in [1.807, 2.05) is 0 Å². The maximum atomic E-state index is 3.86. The van der Waals surface area contributed by atoms with Gasteiger partial charge in [-0.25, -0.2) is 0 Å². The molecule has 0 atom stereocenters. The zero-order valence-corrected chi connectivity index (χ0v) is 10.3. The topological polar surface area (TPSA) is 0 Å². The first-order chi connectivity index (χ1) is 6.14. The Labute approximate surface area is 84.4 Å². The third-order valence-electron chi connectivity index (χ3n) is 3.40. The summed E-state index contributed by atoms with van der Waals surface area (Å²) < 4.78 is 0. The van der Waals surface area contributed by atoms with Crippen LogP contribution >= 0.6 is 0 Å². The molecule has 0 spiro atoms. The van der Waals surface area contributed by atoms with Gasteiger partial charge in [0.15, 0.2) is 0 Å². The summed E-state index contributed by atoms with van der Waals surface area (Å²) in [5, 5.41) is 0. The van der Waals surface area contributed by atoms with Gasteiger partial charge in [0.25, 0.3) is 0 Å². The summed E-state index contributed by atoms with van der Waals surface area (Å²) in [6.07, 6.45) is 9.65. The van der Waals surface area contributed by atoms with E-state index < -0.39 is 8.07 Å². The molecule has 0 heterocycles. The van der Waals surface area contributed by atoms with Crippen molar-refractivity contribution in [3.8, 4) is 0 Å². The summed E-state index contributed by atoms with van der Waals surface area (Å²) in [6, 6.07) is 2.82. The average molecular weight is 196 g/mol. The summed E-state index contributed by atoms with van der Waals surface area (Å²) in [6.45, 7) is 8.87. The van der Waals surface area contributed by atoms with Crippen LogP contribution in [0.1, 0.15) is 32.1 Å². The highest BCUT2D eigenvalue weighted by atomic mass is 28.3. The zero-order valence-electron chi connectivity index (χ0n) is 9.31. The molecule has 1 aliphatic carbocycles. The lowest BCUT2D eigenvalue weighted by Gasteiger charge is -2.22. The van der Waals surface area contributed by atoms with Crippen molar-refractivity contribution in [2.75, 3.05) is 0 Å². The third kappa shape index (κ3) is 4.12. The van der Waals surface area contributed by atoms with Crippen molar-refractivity contribution in [1.82, 2.24) is 0 Å². The fourth-order valence-corrected chi connectivity index (χ4v) is 4.56. The van der Waals surface area contributed by atoms with Gasteiger partial charge in [-0.05, 0) is 12.0 Å². The molecule has 0 aliphatic heterocycles. The molecule has 0 bridgehead atoms. The second kappa shape index (κ2) is 4.99. The van der Waals surface area contributed by atoms with Gasteiger partial charge in [0.05, 0.1) is 8.07 Å². The van der Waals surface area contributed by atoms with Crippen LogP contribution in [-0.4, -0.2) is 8.07 Å². The molecule has 0 radical (unpaired) electrons. The normalized spacial score (nSPS) is 19.2. The summed E-state index contributed by atoms with van der Waals surface area (Å²) in [5.74, 6) is 1.08. The summed E-state index contributed by atoms with van der Waals surface area (Å²) in [7, 11) is -0.889. The van der Waals surface area contributed by atoms with Crippen molar-refractivity contribution >= 4 is 8.07 Å². The van der Waals surface area contributed by atoms with Gasteiger partial charge in [-0.3, -0.25) is 0 Å². The molecule has 0 amide bonds. The maximum absolute atomic E-state index is 3.86. The van der Waals surface area contributed by atoms with Crippen molar-refractivity contribution in [1.29, 1.82) is 0 Å². The second-order valence-electron chi connectivity index (χ2n) is 5.35. The van der Waals surface area contributed by atoms with E-state index in [0.29, 0.717) is 0 Å². The first kappa shape index (κ1) is 11.0. The van der Waals surface area contributed by atoms with Gasteiger partial charge < -0.3 is 0 Å². The number of hydrogen-bond acceptors (Lipinski definition) is 0. The van der Waals surface area contributed by atoms with Gasteiger partial charge in [-0.1, -0.05) is 57.3 Å². The van der Waals surface area contributed by atoms with Crippen molar-refractivity contribution in [2.24, 2.45) is 5.92 Å². The molecule has 0 aromatic rings. The lowest BCUT2D eigenvalue weighted by Crippen LogP contribution is -2.24. The van der Waals surface area contributed by atoms with Crippen LogP contribution in [0.5, 0.6) is 0 Å². The zero-order chi connectivity index (χ0) is 9.73. The predicted molar refractivity (Wildman–Crippen MR) is 63.9 cm³/mol. The Hall–Kier alpha value is -0.0431. The Morgan fingerprint density at radius 1 is 1.31 bits per heavy atom. The lowest BCUT2D eigenvalue weighted by atomic mass is 10.1. The largest absolute Gasteiger partial charge is 0.103 e. The molecule has 1 aliphatic rings. The van der Waals surface area contributed by atoms with Crippen LogP contribution in [0.4, 0.5) is 0 Å². The van der Waals surface area contributed by atoms with Crippen LogP contribution in [0, 0.1) is 5.92 Å². The van der Waals surface area contributed by atoms with Crippen molar-refractivity contribution in [2.45, 2.75) is 57.3 Å². The van der Waals surface area contributed by atoms with Crippen LogP contribution in [0.15, 0.2) is 12.7 Å². The lowest BCUT2D eigenvalue weighted by molar-refractivity contribution is 0.527. The third-order valence-corrected chi connectivity index (χ3v) is 6.44. The molecule has 0 N–H and O–H groups in total. The molecule has 1 fully saturated rings. The first-order valence-electron chi connectivity index (χ1n) is 5.75. The SMILES string of the molecule is C=CC[Si](C)(C)CCC1CCCC1. The summed E-state index contributed by atoms with van der Waals surface area (Å²) in [4.78, 5) is 0. The highest BCUT2D eigenvalue weighted by Gasteiger charge is 2.22. The van der Waals surface area contributed by atoms with Crippen LogP contribution in [0.25, 0.3) is 0 Å². The Bertz CT molecular complexity index is 155. The fourth-order valence-electron chi connectivity index (χ4n) is 2.39. The van der Waals surface area contributed by atoms with E-state index in [4.69, 9.17) is 0 Å². The van der Waals surface area contributed by atoms with Crippen LogP contribution in [0.3, 0.4) is 0 Å². The molecular formula is C12H24Si. The monoisotopic (exact) mass is 196 g/mol. The standard InChI is InChI=1S/C12H24Si/c1-4-10-13(2,3)11-9-12-7-5-6-8-12/h4,12H,1,5-11H2,2-3H3. The van der Waals surface area contributed by atoms with E-state index in [0.717, 1.165) is 5.92 Å². The maximum Gasteiger partial charge on any atom is 0.0511 e. The molecule has 1 rings (SSSR count). The van der Waals surface area contributed by atoms with Crippen molar-refractivity contribution in [3.63, 3.8) is 0 Å². The second-order valence-corrected chi connectivity index (χ2v) is 10.6. The van der Waals surface area contributed by atoms with Gasteiger partial charge in [0, 0.05) is 0 Å². The van der Waals surface area contributed by atoms with Gasteiger partial charge in [0.1, 0.15) is 0 Å². The molecule has 0 saturated heterocycles. The Morgan fingerprint density at radius 2 is 1.92 bits per heavy atom. The molecule has 76 valence electrons. The number of hydrogen-bond donors (Lipinski definition) is 0. The van der Waals surface area contributed by atoms with E-state index in [1.54, 1.807) is 0 Å². The van der Waals surface area contributed by atoms with Gasteiger partial charge in [0.2, 0.25) is 0 Å². The summed E-state index contributed by atoms with van der Waals surface area (Å²) >= 11 is 0. The van der Waals surface area contributed by atoms with E-state index >= 15 is 0 Å². The molecule has 13 heavy (non-hydrogen) atoms. The smallest absolute Gasteiger partial charge is 0.0511 e. The highest BCUT2D eigenvalue weighted by molar-refractivity contribution is 6.77. The van der Waals surface area contributed by atoms with Gasteiger partial charge >= 0.3 is 0 Å². The molecule has 0 aromatic heterocycles. The fraction of sp³-hybridized carbons (Fsp3) is 0.833. The average Bonchev–Trinajstić information content (AvgIpc) is 2.52. The minimum atomic E-state index is -0.889. The van der Waals surface area contributed by atoms with Crippen molar-refractivity contribution in [3.05, 3.63) is 12.7 Å². The van der Waals surface area contributed by atoms with Gasteiger partial charge in [-0.15, -0.1) is 6.58 Å². The van der Waals surface area contributed by atoms with Crippen molar-refractivity contribution < 1.29 is 0 Å². The van der Waals surface area contributed by atoms with E-state index in [9.17, 15) is 0 Å². The molecule has 1 saturated carbocycles. The quantitative estimate of drug-likeness (QED) is 0.450. The van der Waals surface area contributed by atoms with E-state index in [2.05, 4.69) is 25.7 Å². The number of allylic oxidation sites excluding steroid dienone is 1. The Kier molecular flexibility index (Phi) is 4.24. The Balaban J connectivity index is 2.19. The van der Waals surface area contributed by atoms with Gasteiger partial charge in [-0.2, -0.15) is 0 Å². The molecule has 0 nitrogen and oxygen atoms in total. The Morgan fingerprint density at radius 3 is 2.46 bits per heavy atom. The summed E-state index contributed by atoms with van der Waals surface area (Å²) in [5.41, 5.74) is 0. The number of rotatable bonds is 5. The molecule has 0 aromatic carbocycles. The van der Waals surface area contributed by atoms with E-state index in [-0.39, 0.29) is 0 Å². The minimum Gasteiger partial charge on any atom is -0.103 e. The minimum absolute atomic E-state index is 0.889. The van der Waals surface area contributed by atoms with Crippen LogP contribution in [0.2, 0.25) is 25.2 Å². The highest BCUT2D eigenvalue weighted by Crippen LogP contribution is 2.31. The van der Waals surface area contributed by atoms with E-state index in [1.165, 1.54) is 44.2 Å². The van der Waals surface area contributed by atoms with Crippen LogP contribution < -0.4 is 0 Å². The van der Waals surface area contributed by atoms with Crippen LogP contribution in [-0.2, 0) is 0 Å². The molecule has 1 heteroatoms. The predicted octanol–water partition coefficient (Wildman–Crippen LogP) is 4.46.